The molecule has 2 amide bonds. The second-order valence-electron chi connectivity index (χ2n) is 16.9. The van der Waals surface area contributed by atoms with Gasteiger partial charge in [-0.25, -0.2) is 14.6 Å². The number of nitrogens with zero attached hydrogens (tertiary/aromatic N) is 5. The summed E-state index contributed by atoms with van der Waals surface area (Å²) in [6.07, 6.45) is 15.6. The lowest BCUT2D eigenvalue weighted by Gasteiger charge is -2.57. The Labute approximate surface area is 318 Å². The summed E-state index contributed by atoms with van der Waals surface area (Å²) in [7, 11) is 0. The Hall–Kier alpha value is -4.51. The zero-order chi connectivity index (χ0) is 37.2. The molecule has 2 aromatic heterocycles. The van der Waals surface area contributed by atoms with E-state index in [4.69, 9.17) is 15.6 Å². The highest BCUT2D eigenvalue weighted by Gasteiger charge is 2.50. The van der Waals surface area contributed by atoms with Crippen molar-refractivity contribution in [3.63, 3.8) is 0 Å². The topological polar surface area (TPSA) is 140 Å². The lowest BCUT2D eigenvalue weighted by molar-refractivity contribution is -0.125. The minimum absolute atomic E-state index is 0.0858. The number of hydrogen-bond donors (Lipinski definition) is 3. The van der Waals surface area contributed by atoms with Crippen molar-refractivity contribution in [2.75, 3.05) is 37.2 Å². The molecule has 0 unspecified atom stereocenters. The molecule has 0 radical (unpaired) electrons. The fourth-order valence-corrected chi connectivity index (χ4v) is 10.5. The maximum Gasteiger partial charge on any atom is 0.224 e. The van der Waals surface area contributed by atoms with E-state index >= 15 is 0 Å². The normalized spacial score (nSPS) is 24.4. The summed E-state index contributed by atoms with van der Waals surface area (Å²) in [5, 5.41) is 12.1. The summed E-state index contributed by atoms with van der Waals surface area (Å²) >= 11 is 0. The van der Waals surface area contributed by atoms with E-state index < -0.39 is 0 Å². The number of nitrogen functional groups attached to an aromatic ring is 1. The molecule has 1 saturated heterocycles. The van der Waals surface area contributed by atoms with Gasteiger partial charge in [0.15, 0.2) is 11.4 Å². The van der Waals surface area contributed by atoms with Crippen LogP contribution in [0.2, 0.25) is 0 Å². The highest BCUT2D eigenvalue weighted by Crippen LogP contribution is 2.61. The first-order valence-corrected chi connectivity index (χ1v) is 20.4. The maximum atomic E-state index is 13.0. The van der Waals surface area contributed by atoms with Crippen molar-refractivity contribution in [2.45, 2.75) is 96.9 Å². The summed E-state index contributed by atoms with van der Waals surface area (Å²) < 4.78 is 8.17. The van der Waals surface area contributed by atoms with Gasteiger partial charge in [-0.3, -0.25) is 9.59 Å². The van der Waals surface area contributed by atoms with Gasteiger partial charge in [0.2, 0.25) is 11.8 Å². The van der Waals surface area contributed by atoms with E-state index in [1.807, 2.05) is 60.1 Å². The standard InChI is InChI=1S/C43H56N8O3/c1-3-37(52)48-35-23-32(10-11-36(35)54-34-8-5-4-6-9-34)39-38-40(44)46-27-47-41(38)51(49-39)33-13-18-50(19-14-33)17-7-16-45-42(53)28(2)12-15-43-24-29-20-30(25-43)22-31(21-29)26-43/h4-6,8-11,23,27-31,33H,3,7,12-22,24-26H2,1-2H3,(H,45,53)(H,48,52)(H2,44,46,47)/t28-,29?,30?,31?,43?/m1/s1. The first-order valence-electron chi connectivity index (χ1n) is 20.4. The Morgan fingerprint density at radius 3 is 2.43 bits per heavy atom. The van der Waals surface area contributed by atoms with Crippen LogP contribution in [0.25, 0.3) is 22.3 Å². The van der Waals surface area contributed by atoms with Gasteiger partial charge in [-0.05, 0) is 131 Å². The number of carbonyl (C=O) groups is 2. The SMILES string of the molecule is CCC(=O)Nc1cc(-c2nn(C3CCN(CCCNC(=O)[C@H](C)CCC45CC6CC(CC(C6)C4)C5)CC3)c3ncnc(N)c23)ccc1Oc1ccccc1. The molecule has 4 aliphatic carbocycles. The van der Waals surface area contributed by atoms with Crippen molar-refractivity contribution in [1.82, 2.24) is 30.0 Å². The zero-order valence-electron chi connectivity index (χ0n) is 31.9. The lowest BCUT2D eigenvalue weighted by atomic mass is 9.48. The predicted molar refractivity (Wildman–Crippen MR) is 212 cm³/mol. The molecule has 4 N–H and O–H groups in total. The van der Waals surface area contributed by atoms with Crippen molar-refractivity contribution >= 4 is 34.4 Å². The third-order valence-electron chi connectivity index (χ3n) is 12.9. The van der Waals surface area contributed by atoms with Gasteiger partial charge in [0.05, 0.1) is 17.1 Å². The largest absolute Gasteiger partial charge is 0.455 e. The van der Waals surface area contributed by atoms with Crippen molar-refractivity contribution in [2.24, 2.45) is 29.1 Å². The Bertz CT molecular complexity index is 1920. The molecular weight excluding hydrogens is 677 g/mol. The number of rotatable bonds is 14. The fourth-order valence-electron chi connectivity index (χ4n) is 10.5. The second-order valence-corrected chi connectivity index (χ2v) is 16.9. The Morgan fingerprint density at radius 2 is 1.72 bits per heavy atom. The molecule has 11 nitrogen and oxygen atoms in total. The van der Waals surface area contributed by atoms with E-state index in [-0.39, 0.29) is 23.8 Å². The number of carbonyl (C=O) groups excluding carboxylic acids is 2. The van der Waals surface area contributed by atoms with Crippen LogP contribution in [0, 0.1) is 29.1 Å². The van der Waals surface area contributed by atoms with Crippen LogP contribution in [-0.2, 0) is 9.59 Å². The van der Waals surface area contributed by atoms with E-state index in [9.17, 15) is 9.59 Å². The van der Waals surface area contributed by atoms with Gasteiger partial charge in [0, 0.05) is 37.5 Å². The van der Waals surface area contributed by atoms with Crippen molar-refractivity contribution < 1.29 is 14.3 Å². The molecule has 4 saturated carbocycles. The number of para-hydroxylation sites is 1. The fraction of sp³-hybridized carbons (Fsp3) is 0.558. The monoisotopic (exact) mass is 732 g/mol. The van der Waals surface area contributed by atoms with Gasteiger partial charge in [-0.1, -0.05) is 32.0 Å². The van der Waals surface area contributed by atoms with E-state index in [0.29, 0.717) is 51.6 Å². The number of fused-ring (bicyclic) bond motifs is 1. The first-order chi connectivity index (χ1) is 26.3. The molecule has 4 bridgehead atoms. The zero-order valence-corrected chi connectivity index (χ0v) is 31.9. The van der Waals surface area contributed by atoms with Crippen LogP contribution in [0.4, 0.5) is 11.5 Å². The Kier molecular flexibility index (Phi) is 10.6. The van der Waals surface area contributed by atoms with Crippen LogP contribution in [0.3, 0.4) is 0 Å². The van der Waals surface area contributed by atoms with Crippen LogP contribution in [0.15, 0.2) is 54.9 Å². The molecule has 1 aliphatic heterocycles. The Balaban J connectivity index is 0.864. The number of amides is 2. The van der Waals surface area contributed by atoms with E-state index in [1.54, 1.807) is 0 Å². The second kappa shape index (κ2) is 15.7. The van der Waals surface area contributed by atoms with Crippen LogP contribution in [0.5, 0.6) is 11.5 Å². The molecule has 1 atom stereocenters. The van der Waals surface area contributed by atoms with Gasteiger partial charge in [-0.15, -0.1) is 0 Å². The summed E-state index contributed by atoms with van der Waals surface area (Å²) in [4.78, 5) is 37.0. The quantitative estimate of drug-likeness (QED) is 0.111. The molecule has 2 aromatic carbocycles. The van der Waals surface area contributed by atoms with Gasteiger partial charge in [-0.2, -0.15) is 5.10 Å². The summed E-state index contributed by atoms with van der Waals surface area (Å²) in [5.41, 5.74) is 9.74. The van der Waals surface area contributed by atoms with Gasteiger partial charge >= 0.3 is 0 Å². The summed E-state index contributed by atoms with van der Waals surface area (Å²) in [5.74, 6) is 4.67. The third-order valence-corrected chi connectivity index (χ3v) is 12.9. The minimum Gasteiger partial charge on any atom is -0.455 e. The average Bonchev–Trinajstić information content (AvgIpc) is 3.57. The minimum atomic E-state index is -0.116. The average molecular weight is 733 g/mol. The molecular formula is C43H56N8O3. The number of benzene rings is 2. The predicted octanol–water partition coefficient (Wildman–Crippen LogP) is 7.99. The highest BCUT2D eigenvalue weighted by atomic mass is 16.5. The number of piperidine rings is 1. The summed E-state index contributed by atoms with van der Waals surface area (Å²) in [6.45, 7) is 7.50. The van der Waals surface area contributed by atoms with Crippen molar-refractivity contribution in [3.8, 4) is 22.8 Å². The van der Waals surface area contributed by atoms with Crippen LogP contribution in [-0.4, -0.2) is 62.6 Å². The number of nitrogens with one attached hydrogen (secondary N) is 2. The molecule has 4 aromatic rings. The number of likely N-dealkylation sites (tertiary alicyclic amines) is 1. The van der Waals surface area contributed by atoms with Gasteiger partial charge in [0.25, 0.3) is 0 Å². The number of ether oxygens (including phenoxy) is 1. The molecule has 5 fully saturated rings. The van der Waals surface area contributed by atoms with E-state index in [0.717, 1.165) is 75.2 Å². The highest BCUT2D eigenvalue weighted by molar-refractivity contribution is 6.00. The van der Waals surface area contributed by atoms with Crippen molar-refractivity contribution in [3.05, 3.63) is 54.9 Å². The van der Waals surface area contributed by atoms with Crippen molar-refractivity contribution in [1.29, 1.82) is 0 Å². The third kappa shape index (κ3) is 7.83. The molecule has 286 valence electrons. The number of aromatic nitrogens is 4. The molecule has 3 heterocycles. The van der Waals surface area contributed by atoms with Crippen LogP contribution < -0.4 is 21.1 Å². The lowest BCUT2D eigenvalue weighted by Crippen LogP contribution is -2.46. The summed E-state index contributed by atoms with van der Waals surface area (Å²) in [6, 6.07) is 15.3. The number of hydrogen-bond acceptors (Lipinski definition) is 8. The Morgan fingerprint density at radius 1 is 1.00 bits per heavy atom. The van der Waals surface area contributed by atoms with Gasteiger partial charge < -0.3 is 26.0 Å². The molecule has 5 aliphatic rings. The molecule has 9 rings (SSSR count). The van der Waals surface area contributed by atoms with E-state index in [2.05, 4.69) is 32.4 Å². The molecule has 0 spiro atoms. The van der Waals surface area contributed by atoms with Crippen LogP contribution in [0.1, 0.15) is 96.9 Å². The maximum absolute atomic E-state index is 13.0. The van der Waals surface area contributed by atoms with Gasteiger partial charge in [0.1, 0.15) is 23.6 Å². The number of nitrogens with two attached hydrogens (primary N) is 1. The molecule has 11 heteroatoms. The number of anilines is 2. The van der Waals surface area contributed by atoms with Crippen LogP contribution >= 0.6 is 0 Å². The smallest absolute Gasteiger partial charge is 0.224 e. The first kappa shape index (κ1) is 36.5. The molecule has 54 heavy (non-hydrogen) atoms. The van der Waals surface area contributed by atoms with E-state index in [1.165, 1.54) is 51.3 Å².